The number of hydrogen-bond acceptors (Lipinski definition) is 3. The molecular formula is C63H38N2OS. The molecule has 2 aliphatic rings. The SMILES string of the molecule is c1ccc2c(c1)Oc1cc(N(c3ccc4c5ccccc5n(-c5ccc6sc7ccccc7c6c5)c4c3)c3cccc4ccccc34)ccc1C21c2ccccc2-c2cccc3cccc1c23. The first kappa shape index (κ1) is 36.9. The van der Waals surface area contributed by atoms with Crippen molar-refractivity contribution in [3.05, 3.63) is 253 Å². The Morgan fingerprint density at radius 3 is 1.97 bits per heavy atom. The molecule has 11 aromatic carbocycles. The molecule has 1 atom stereocenters. The Kier molecular flexibility index (Phi) is 7.58. The minimum Gasteiger partial charge on any atom is -0.457 e. The summed E-state index contributed by atoms with van der Waals surface area (Å²) in [6, 6.07) is 85.0. The van der Waals surface area contributed by atoms with Crippen molar-refractivity contribution in [1.29, 1.82) is 0 Å². The van der Waals surface area contributed by atoms with Crippen LogP contribution in [0.1, 0.15) is 22.3 Å². The van der Waals surface area contributed by atoms with E-state index in [1.165, 1.54) is 80.3 Å². The Labute approximate surface area is 390 Å². The molecule has 0 amide bonds. The molecule has 1 aliphatic carbocycles. The zero-order chi connectivity index (χ0) is 43.8. The van der Waals surface area contributed by atoms with Gasteiger partial charge in [-0.1, -0.05) is 164 Å². The smallest absolute Gasteiger partial charge is 0.134 e. The highest BCUT2D eigenvalue weighted by Gasteiger charge is 2.49. The number of nitrogens with zero attached hydrogens (tertiary/aromatic N) is 2. The maximum Gasteiger partial charge on any atom is 0.134 e. The van der Waals surface area contributed by atoms with Gasteiger partial charge in [0.1, 0.15) is 11.5 Å². The molecule has 1 unspecified atom stereocenters. The van der Waals surface area contributed by atoms with Gasteiger partial charge in [0.15, 0.2) is 0 Å². The standard InChI is InChI=1S/C63H38N2OS/c1-2-18-44-39(14-1)15-13-27-55(44)64(42-30-33-47-46-20-4-8-26-56(46)65(57(47)37-42)41-32-35-61-50(36-41)48-21-5-10-29-60(48)67-61)43-31-34-53-59(38-43)66-58-28-9-7-24-52(58)63(53)51-23-6-3-19-45(51)49-22-11-16-40-17-12-25-54(63)62(40)49/h1-38H. The molecule has 0 bridgehead atoms. The number of anilines is 3. The van der Waals surface area contributed by atoms with Crippen molar-refractivity contribution in [2.24, 2.45) is 0 Å². The Morgan fingerprint density at radius 1 is 0.388 bits per heavy atom. The van der Waals surface area contributed by atoms with Crippen LogP contribution in [0.2, 0.25) is 0 Å². The number of rotatable bonds is 4. The first-order valence-electron chi connectivity index (χ1n) is 23.0. The summed E-state index contributed by atoms with van der Waals surface area (Å²) < 4.78 is 12.2. The highest BCUT2D eigenvalue weighted by molar-refractivity contribution is 7.25. The van der Waals surface area contributed by atoms with Crippen molar-refractivity contribution in [2.45, 2.75) is 5.41 Å². The lowest BCUT2D eigenvalue weighted by molar-refractivity contribution is 0.435. The summed E-state index contributed by atoms with van der Waals surface area (Å²) in [7, 11) is 0. The van der Waals surface area contributed by atoms with Crippen molar-refractivity contribution >= 4 is 91.9 Å². The number of hydrogen-bond donors (Lipinski definition) is 0. The second-order valence-corrected chi connectivity index (χ2v) is 19.0. The third-order valence-corrected chi connectivity index (χ3v) is 15.8. The minimum atomic E-state index is -0.619. The van der Waals surface area contributed by atoms with Crippen LogP contribution >= 0.6 is 11.3 Å². The van der Waals surface area contributed by atoms with Crippen LogP contribution in [0.15, 0.2) is 231 Å². The molecule has 0 radical (unpaired) electrons. The van der Waals surface area contributed by atoms with Crippen molar-refractivity contribution in [3.8, 4) is 28.3 Å². The number of thiophene rings is 1. The molecule has 0 saturated carbocycles. The van der Waals surface area contributed by atoms with Crippen molar-refractivity contribution in [2.75, 3.05) is 4.90 Å². The van der Waals surface area contributed by atoms with Crippen LogP contribution in [-0.4, -0.2) is 4.57 Å². The average molecular weight is 871 g/mol. The van der Waals surface area contributed by atoms with E-state index in [-0.39, 0.29) is 0 Å². The van der Waals surface area contributed by atoms with Gasteiger partial charge in [0.05, 0.1) is 22.1 Å². The van der Waals surface area contributed by atoms with Crippen LogP contribution in [0.5, 0.6) is 11.5 Å². The summed E-state index contributed by atoms with van der Waals surface area (Å²) in [5.74, 6) is 1.72. The molecular weight excluding hydrogens is 833 g/mol. The second kappa shape index (κ2) is 13.8. The zero-order valence-electron chi connectivity index (χ0n) is 36.2. The highest BCUT2D eigenvalue weighted by Crippen LogP contribution is 2.62. The number of aromatic nitrogens is 1. The Bertz CT molecular complexity index is 4220. The molecule has 1 spiro atoms. The van der Waals surface area contributed by atoms with Gasteiger partial charge in [-0.25, -0.2) is 0 Å². The highest BCUT2D eigenvalue weighted by atomic mass is 32.1. The maximum absolute atomic E-state index is 7.17. The number of benzene rings is 11. The van der Waals surface area contributed by atoms with Gasteiger partial charge in [0, 0.05) is 70.6 Å². The molecule has 312 valence electrons. The van der Waals surface area contributed by atoms with Gasteiger partial charge >= 0.3 is 0 Å². The Morgan fingerprint density at radius 2 is 1.03 bits per heavy atom. The van der Waals surface area contributed by atoms with Gasteiger partial charge in [-0.3, -0.25) is 0 Å². The van der Waals surface area contributed by atoms with E-state index in [4.69, 9.17) is 4.74 Å². The quantitative estimate of drug-likeness (QED) is 0.175. The van der Waals surface area contributed by atoms with E-state index in [9.17, 15) is 0 Å². The molecule has 3 nitrogen and oxygen atoms in total. The van der Waals surface area contributed by atoms with Crippen LogP contribution in [0.3, 0.4) is 0 Å². The number of para-hydroxylation sites is 2. The molecule has 0 fully saturated rings. The Balaban J connectivity index is 0.994. The third-order valence-electron chi connectivity index (χ3n) is 14.6. The maximum atomic E-state index is 7.17. The summed E-state index contributed by atoms with van der Waals surface area (Å²) >= 11 is 1.86. The molecule has 4 heteroatoms. The molecule has 15 rings (SSSR count). The second-order valence-electron chi connectivity index (χ2n) is 17.9. The summed E-state index contributed by atoms with van der Waals surface area (Å²) in [5.41, 5.74) is 13.4. The lowest BCUT2D eigenvalue weighted by Gasteiger charge is -2.45. The molecule has 3 heterocycles. The largest absolute Gasteiger partial charge is 0.457 e. The number of fused-ring (bicyclic) bond motifs is 15. The van der Waals surface area contributed by atoms with Crippen LogP contribution in [-0.2, 0) is 5.41 Å². The van der Waals surface area contributed by atoms with E-state index >= 15 is 0 Å². The van der Waals surface area contributed by atoms with E-state index in [2.05, 4.69) is 240 Å². The molecule has 0 N–H and O–H groups in total. The monoisotopic (exact) mass is 870 g/mol. The van der Waals surface area contributed by atoms with Crippen LogP contribution in [0, 0.1) is 0 Å². The first-order chi connectivity index (χ1) is 33.2. The van der Waals surface area contributed by atoms with E-state index in [0.29, 0.717) is 0 Å². The fraction of sp³-hybridized carbons (Fsp3) is 0.0159. The van der Waals surface area contributed by atoms with E-state index in [1.807, 2.05) is 11.3 Å². The predicted octanol–water partition coefficient (Wildman–Crippen LogP) is 17.4. The first-order valence-corrected chi connectivity index (χ1v) is 23.8. The van der Waals surface area contributed by atoms with Gasteiger partial charge in [-0.05, 0) is 99.1 Å². The summed E-state index contributed by atoms with van der Waals surface area (Å²) in [4.78, 5) is 2.43. The van der Waals surface area contributed by atoms with Gasteiger partial charge in [0.2, 0.25) is 0 Å². The van der Waals surface area contributed by atoms with Gasteiger partial charge < -0.3 is 14.2 Å². The van der Waals surface area contributed by atoms with Gasteiger partial charge in [-0.2, -0.15) is 0 Å². The van der Waals surface area contributed by atoms with E-state index in [0.717, 1.165) is 50.9 Å². The van der Waals surface area contributed by atoms with E-state index in [1.54, 1.807) is 0 Å². The predicted molar refractivity (Wildman–Crippen MR) is 281 cm³/mol. The van der Waals surface area contributed by atoms with Crippen molar-refractivity contribution in [3.63, 3.8) is 0 Å². The fourth-order valence-electron chi connectivity index (χ4n) is 11.9. The van der Waals surface area contributed by atoms with E-state index < -0.39 is 5.41 Å². The zero-order valence-corrected chi connectivity index (χ0v) is 37.0. The fourth-order valence-corrected chi connectivity index (χ4v) is 13.0. The summed E-state index contributed by atoms with van der Waals surface area (Å²) in [5, 5.41) is 9.91. The normalized spacial score (nSPS) is 14.7. The van der Waals surface area contributed by atoms with Crippen LogP contribution in [0.25, 0.3) is 80.3 Å². The van der Waals surface area contributed by atoms with Crippen LogP contribution in [0.4, 0.5) is 17.1 Å². The Hall–Kier alpha value is -8.44. The molecule has 67 heavy (non-hydrogen) atoms. The van der Waals surface area contributed by atoms with Crippen LogP contribution < -0.4 is 9.64 Å². The van der Waals surface area contributed by atoms with Gasteiger partial charge in [0.25, 0.3) is 0 Å². The summed E-state index contributed by atoms with van der Waals surface area (Å²) in [6.45, 7) is 0. The number of ether oxygens (including phenoxy) is 1. The third kappa shape index (κ3) is 5.05. The molecule has 0 saturated heterocycles. The summed E-state index contributed by atoms with van der Waals surface area (Å²) in [6.07, 6.45) is 0. The lowest BCUT2D eigenvalue weighted by atomic mass is 9.58. The molecule has 1 aliphatic heterocycles. The topological polar surface area (TPSA) is 17.4 Å². The van der Waals surface area contributed by atoms with Crippen molar-refractivity contribution < 1.29 is 4.74 Å². The molecule has 2 aromatic heterocycles. The van der Waals surface area contributed by atoms with Crippen molar-refractivity contribution in [1.82, 2.24) is 4.57 Å². The lowest BCUT2D eigenvalue weighted by Crippen LogP contribution is -2.36. The minimum absolute atomic E-state index is 0.619. The molecule has 13 aromatic rings. The average Bonchev–Trinajstić information content (AvgIpc) is 3.93. The van der Waals surface area contributed by atoms with Gasteiger partial charge in [-0.15, -0.1) is 11.3 Å².